The van der Waals surface area contributed by atoms with E-state index < -0.39 is 0 Å². The van der Waals surface area contributed by atoms with Gasteiger partial charge in [-0.3, -0.25) is 0 Å². The number of aryl methyl sites for hydroxylation is 1. The third-order valence-electron chi connectivity index (χ3n) is 2.66. The zero-order chi connectivity index (χ0) is 13.2. The molecule has 5 nitrogen and oxygen atoms in total. The molecule has 0 aromatic carbocycles. The van der Waals surface area contributed by atoms with Crippen LogP contribution in [0.15, 0.2) is 23.1 Å². The molecule has 98 valence electrons. The zero-order valence-corrected chi connectivity index (χ0v) is 11.4. The number of hydrogen-bond acceptors (Lipinski definition) is 4. The number of nitrogens with one attached hydrogen (secondary N) is 1. The summed E-state index contributed by atoms with van der Waals surface area (Å²) in [5.74, 6) is 1.90. The lowest BCUT2D eigenvalue weighted by atomic mass is 10.1. The van der Waals surface area contributed by atoms with Crippen molar-refractivity contribution in [2.45, 2.75) is 46.3 Å². The maximum Gasteiger partial charge on any atom is 0.137 e. The molecule has 2 heterocycles. The third kappa shape index (κ3) is 3.43. The highest BCUT2D eigenvalue weighted by Gasteiger charge is 2.12. The van der Waals surface area contributed by atoms with Crippen LogP contribution in [0, 0.1) is 6.92 Å². The average Bonchev–Trinajstić information content (AvgIpc) is 2.86. The summed E-state index contributed by atoms with van der Waals surface area (Å²) < 4.78 is 7.53. The lowest BCUT2D eigenvalue weighted by molar-refractivity contribution is 0.382. The van der Waals surface area contributed by atoms with Gasteiger partial charge in [0.15, 0.2) is 0 Å². The van der Waals surface area contributed by atoms with Crippen molar-refractivity contribution in [1.29, 1.82) is 0 Å². The minimum atomic E-state index is 0.0900. The van der Waals surface area contributed by atoms with Crippen molar-refractivity contribution in [3.63, 3.8) is 0 Å². The van der Waals surface area contributed by atoms with Gasteiger partial charge in [0, 0.05) is 11.1 Å². The Labute approximate surface area is 107 Å². The number of nitrogens with zero attached hydrogens (tertiary/aromatic N) is 3. The maximum atomic E-state index is 5.73. The van der Waals surface area contributed by atoms with Gasteiger partial charge in [0.25, 0.3) is 0 Å². The molecule has 0 atom stereocenters. The van der Waals surface area contributed by atoms with E-state index in [2.05, 4.69) is 42.2 Å². The molecule has 0 spiro atoms. The summed E-state index contributed by atoms with van der Waals surface area (Å²) in [7, 11) is 0. The smallest absolute Gasteiger partial charge is 0.137 e. The van der Waals surface area contributed by atoms with Gasteiger partial charge in [0.05, 0.1) is 13.1 Å². The topological polar surface area (TPSA) is 55.9 Å². The summed E-state index contributed by atoms with van der Waals surface area (Å²) in [6, 6.07) is 2.08. The van der Waals surface area contributed by atoms with Gasteiger partial charge in [-0.2, -0.15) is 5.10 Å². The minimum Gasteiger partial charge on any atom is -0.465 e. The Balaban J connectivity index is 2.03. The van der Waals surface area contributed by atoms with Crippen LogP contribution in [0.1, 0.15) is 37.9 Å². The SMILES string of the molecule is Cc1oc(CNC(C)(C)C)cc1Cn1cncn1. The van der Waals surface area contributed by atoms with Gasteiger partial charge < -0.3 is 9.73 Å². The predicted molar refractivity (Wildman–Crippen MR) is 69.2 cm³/mol. The number of aromatic nitrogens is 3. The Morgan fingerprint density at radius 3 is 2.78 bits per heavy atom. The quantitative estimate of drug-likeness (QED) is 0.900. The molecule has 2 rings (SSSR count). The second-order valence-corrected chi connectivity index (χ2v) is 5.49. The normalized spacial score (nSPS) is 12.0. The summed E-state index contributed by atoms with van der Waals surface area (Å²) in [4.78, 5) is 3.93. The van der Waals surface area contributed by atoms with Gasteiger partial charge in [-0.15, -0.1) is 0 Å². The van der Waals surface area contributed by atoms with Crippen LogP contribution in [0.25, 0.3) is 0 Å². The van der Waals surface area contributed by atoms with E-state index in [1.165, 1.54) is 6.33 Å². The number of hydrogen-bond donors (Lipinski definition) is 1. The van der Waals surface area contributed by atoms with Crippen LogP contribution >= 0.6 is 0 Å². The molecule has 0 bridgehead atoms. The second kappa shape index (κ2) is 4.94. The fourth-order valence-corrected chi connectivity index (χ4v) is 1.67. The molecular formula is C13H20N4O. The van der Waals surface area contributed by atoms with Crippen molar-refractivity contribution < 1.29 is 4.42 Å². The first kappa shape index (κ1) is 12.8. The highest BCUT2D eigenvalue weighted by atomic mass is 16.3. The molecule has 0 saturated carbocycles. The Morgan fingerprint density at radius 1 is 1.39 bits per heavy atom. The van der Waals surface area contributed by atoms with Crippen molar-refractivity contribution >= 4 is 0 Å². The van der Waals surface area contributed by atoms with Crippen LogP contribution in [0.5, 0.6) is 0 Å². The van der Waals surface area contributed by atoms with Crippen molar-refractivity contribution in [2.75, 3.05) is 0 Å². The minimum absolute atomic E-state index is 0.0900. The fourth-order valence-electron chi connectivity index (χ4n) is 1.67. The van der Waals surface area contributed by atoms with Gasteiger partial charge in [-0.1, -0.05) is 0 Å². The molecule has 0 unspecified atom stereocenters. The average molecular weight is 248 g/mol. The van der Waals surface area contributed by atoms with Gasteiger partial charge in [0.1, 0.15) is 24.2 Å². The van der Waals surface area contributed by atoms with E-state index in [0.717, 1.165) is 23.6 Å². The Bertz CT molecular complexity index is 494. The first-order valence-corrected chi connectivity index (χ1v) is 6.10. The molecule has 18 heavy (non-hydrogen) atoms. The lowest BCUT2D eigenvalue weighted by Gasteiger charge is -2.19. The summed E-state index contributed by atoms with van der Waals surface area (Å²) in [5, 5.41) is 7.50. The van der Waals surface area contributed by atoms with E-state index in [-0.39, 0.29) is 5.54 Å². The molecule has 0 amide bonds. The molecule has 0 fully saturated rings. The molecule has 0 saturated heterocycles. The standard InChI is InChI=1S/C13H20N4O/c1-10-11(7-17-9-14-8-16-17)5-12(18-10)6-15-13(2,3)4/h5,8-9,15H,6-7H2,1-4H3. The van der Waals surface area contributed by atoms with E-state index in [1.807, 2.05) is 6.92 Å². The van der Waals surface area contributed by atoms with Crippen molar-refractivity contribution in [2.24, 2.45) is 0 Å². The molecule has 1 N–H and O–H groups in total. The van der Waals surface area contributed by atoms with E-state index in [4.69, 9.17) is 4.42 Å². The van der Waals surface area contributed by atoms with Crippen LogP contribution in [0.3, 0.4) is 0 Å². The Kier molecular flexibility index (Phi) is 3.52. The van der Waals surface area contributed by atoms with E-state index in [9.17, 15) is 0 Å². The molecule has 5 heteroatoms. The Morgan fingerprint density at radius 2 is 2.17 bits per heavy atom. The summed E-state index contributed by atoms with van der Waals surface area (Å²) in [5.41, 5.74) is 1.23. The van der Waals surface area contributed by atoms with E-state index in [1.54, 1.807) is 11.0 Å². The third-order valence-corrected chi connectivity index (χ3v) is 2.66. The van der Waals surface area contributed by atoms with E-state index in [0.29, 0.717) is 6.54 Å². The second-order valence-electron chi connectivity index (χ2n) is 5.49. The largest absolute Gasteiger partial charge is 0.465 e. The summed E-state index contributed by atoms with van der Waals surface area (Å²) >= 11 is 0. The number of furan rings is 1. The first-order chi connectivity index (χ1) is 8.44. The summed E-state index contributed by atoms with van der Waals surface area (Å²) in [6.07, 6.45) is 3.25. The van der Waals surface area contributed by atoms with Crippen LogP contribution < -0.4 is 5.32 Å². The Hall–Kier alpha value is -1.62. The molecule has 2 aromatic rings. The molecule has 0 aliphatic carbocycles. The first-order valence-electron chi connectivity index (χ1n) is 6.10. The molecular weight excluding hydrogens is 228 g/mol. The summed E-state index contributed by atoms with van der Waals surface area (Å²) in [6.45, 7) is 9.83. The molecule has 0 radical (unpaired) electrons. The van der Waals surface area contributed by atoms with Crippen LogP contribution in [0.4, 0.5) is 0 Å². The highest BCUT2D eigenvalue weighted by molar-refractivity contribution is 5.21. The van der Waals surface area contributed by atoms with Gasteiger partial charge in [-0.05, 0) is 33.8 Å². The van der Waals surface area contributed by atoms with E-state index >= 15 is 0 Å². The van der Waals surface area contributed by atoms with Crippen LogP contribution in [-0.4, -0.2) is 20.3 Å². The zero-order valence-electron chi connectivity index (χ0n) is 11.4. The van der Waals surface area contributed by atoms with Crippen LogP contribution in [0.2, 0.25) is 0 Å². The lowest BCUT2D eigenvalue weighted by Crippen LogP contribution is -2.34. The molecule has 0 aliphatic heterocycles. The molecule has 0 aliphatic rings. The van der Waals surface area contributed by atoms with Gasteiger partial charge in [-0.25, -0.2) is 9.67 Å². The van der Waals surface area contributed by atoms with Crippen molar-refractivity contribution in [3.8, 4) is 0 Å². The van der Waals surface area contributed by atoms with Crippen molar-refractivity contribution in [1.82, 2.24) is 20.1 Å². The van der Waals surface area contributed by atoms with Crippen LogP contribution in [-0.2, 0) is 13.1 Å². The fraction of sp³-hybridized carbons (Fsp3) is 0.538. The highest BCUT2D eigenvalue weighted by Crippen LogP contribution is 2.16. The van der Waals surface area contributed by atoms with Gasteiger partial charge >= 0.3 is 0 Å². The monoisotopic (exact) mass is 248 g/mol. The maximum absolute atomic E-state index is 5.73. The molecule has 2 aromatic heterocycles. The van der Waals surface area contributed by atoms with Crippen molar-refractivity contribution in [3.05, 3.63) is 35.8 Å². The number of rotatable bonds is 4. The predicted octanol–water partition coefficient (Wildman–Crippen LogP) is 2.12. The van der Waals surface area contributed by atoms with Gasteiger partial charge in [0.2, 0.25) is 0 Å².